The van der Waals surface area contributed by atoms with Gasteiger partial charge in [0, 0.05) is 9.78 Å². The van der Waals surface area contributed by atoms with Crippen LogP contribution in [0.4, 0.5) is 0 Å². The Kier molecular flexibility index (Phi) is 2.38. The van der Waals surface area contributed by atoms with Crippen LogP contribution in [0.1, 0.15) is 0 Å². The zero-order valence-corrected chi connectivity index (χ0v) is 7.02. The third-order valence-electron chi connectivity index (χ3n) is 0.932. The van der Waals surface area contributed by atoms with Gasteiger partial charge in [0.25, 0.3) is 0 Å². The number of halogens is 1. The van der Waals surface area contributed by atoms with E-state index in [-0.39, 0.29) is 8.46 Å². The first kappa shape index (κ1) is 6.91. The highest BCUT2D eigenvalue weighted by molar-refractivity contribution is 9.10. The molecule has 0 saturated carbocycles. The molecule has 1 aromatic carbocycles. The molecule has 0 saturated heterocycles. The Balaban J connectivity index is 3.01. The van der Waals surface area contributed by atoms with Crippen molar-refractivity contribution >= 4 is 29.7 Å². The van der Waals surface area contributed by atoms with E-state index in [1.165, 1.54) is 0 Å². The highest BCUT2D eigenvalue weighted by atomic mass is 79.9. The molecular weight excluding hydrogens is 199 g/mol. The van der Waals surface area contributed by atoms with Crippen molar-refractivity contribution < 1.29 is 4.57 Å². The van der Waals surface area contributed by atoms with E-state index in [4.69, 9.17) is 0 Å². The van der Waals surface area contributed by atoms with Crippen molar-refractivity contribution in [2.24, 2.45) is 0 Å². The van der Waals surface area contributed by atoms with Gasteiger partial charge in [0.15, 0.2) is 8.46 Å². The molecule has 0 spiro atoms. The number of benzene rings is 1. The van der Waals surface area contributed by atoms with Crippen LogP contribution in [0.5, 0.6) is 0 Å². The molecule has 0 atom stereocenters. The zero-order chi connectivity index (χ0) is 6.69. The molecule has 1 aromatic rings. The van der Waals surface area contributed by atoms with E-state index < -0.39 is 0 Å². The third kappa shape index (κ3) is 1.88. The van der Waals surface area contributed by atoms with Crippen LogP contribution in [-0.4, -0.2) is 0 Å². The van der Waals surface area contributed by atoms with E-state index in [1.54, 1.807) is 12.1 Å². The first-order valence-corrected chi connectivity index (χ1v) is 4.02. The maximum Gasteiger partial charge on any atom is 0.192 e. The van der Waals surface area contributed by atoms with E-state index in [0.717, 1.165) is 9.78 Å². The van der Waals surface area contributed by atoms with Crippen LogP contribution in [0, 0.1) is 0 Å². The van der Waals surface area contributed by atoms with Gasteiger partial charge in [-0.1, -0.05) is 15.9 Å². The number of hydrogen-bond acceptors (Lipinski definition) is 1. The highest BCUT2D eigenvalue weighted by Crippen LogP contribution is 2.07. The molecule has 9 heavy (non-hydrogen) atoms. The van der Waals surface area contributed by atoms with Gasteiger partial charge in [0.1, 0.15) is 0 Å². The van der Waals surface area contributed by atoms with Crippen molar-refractivity contribution in [2.75, 3.05) is 0 Å². The van der Waals surface area contributed by atoms with Crippen LogP contribution in [0.15, 0.2) is 28.7 Å². The summed E-state index contributed by atoms with van der Waals surface area (Å²) in [6.45, 7) is 0. The van der Waals surface area contributed by atoms with Crippen molar-refractivity contribution in [1.29, 1.82) is 0 Å². The Morgan fingerprint density at radius 3 is 2.22 bits per heavy atom. The lowest BCUT2D eigenvalue weighted by atomic mass is 10.4. The van der Waals surface area contributed by atoms with Gasteiger partial charge in [-0.15, -0.1) is 0 Å². The monoisotopic (exact) mass is 202 g/mol. The van der Waals surface area contributed by atoms with Crippen molar-refractivity contribution in [3.05, 3.63) is 28.7 Å². The van der Waals surface area contributed by atoms with Gasteiger partial charge in [-0.05, 0) is 24.3 Å². The van der Waals surface area contributed by atoms with Crippen LogP contribution in [-0.2, 0) is 4.57 Å². The van der Waals surface area contributed by atoms with Crippen molar-refractivity contribution in [2.45, 2.75) is 0 Å². The average Bonchev–Trinajstić information content (AvgIpc) is 1.90. The number of rotatable bonds is 1. The summed E-state index contributed by atoms with van der Waals surface area (Å²) >= 11 is 3.27. The second kappa shape index (κ2) is 3.09. The molecule has 0 aliphatic carbocycles. The fraction of sp³-hybridized carbons (Fsp3) is 0. The summed E-state index contributed by atoms with van der Waals surface area (Å²) in [5.74, 6) is 0. The molecule has 1 nitrogen and oxygen atoms in total. The van der Waals surface area contributed by atoms with Crippen molar-refractivity contribution in [3.63, 3.8) is 0 Å². The maximum atomic E-state index is 10.2. The molecule has 0 bridgehead atoms. The van der Waals surface area contributed by atoms with Crippen LogP contribution in [0.2, 0.25) is 0 Å². The van der Waals surface area contributed by atoms with Gasteiger partial charge >= 0.3 is 0 Å². The van der Waals surface area contributed by atoms with E-state index >= 15 is 0 Å². The van der Waals surface area contributed by atoms with Crippen LogP contribution in [0.25, 0.3) is 0 Å². The van der Waals surface area contributed by atoms with Gasteiger partial charge in [-0.25, -0.2) is 0 Å². The summed E-state index contributed by atoms with van der Waals surface area (Å²) in [7, 11) is 0.0811. The van der Waals surface area contributed by atoms with Gasteiger partial charge in [-0.2, -0.15) is 0 Å². The molecule has 0 aromatic heterocycles. The first-order chi connectivity index (χ1) is 4.33. The molecule has 46 valence electrons. The lowest BCUT2D eigenvalue weighted by Gasteiger charge is -1.86. The second-order valence-electron chi connectivity index (χ2n) is 1.57. The third-order valence-corrected chi connectivity index (χ3v) is 1.97. The van der Waals surface area contributed by atoms with E-state index in [0.29, 0.717) is 0 Å². The van der Waals surface area contributed by atoms with Gasteiger partial charge in [0.05, 0.1) is 0 Å². The molecule has 0 radical (unpaired) electrons. The van der Waals surface area contributed by atoms with Gasteiger partial charge in [0.2, 0.25) is 0 Å². The summed E-state index contributed by atoms with van der Waals surface area (Å²) in [6.07, 6.45) is 0. The molecule has 0 unspecified atom stereocenters. The van der Waals surface area contributed by atoms with E-state index in [9.17, 15) is 4.57 Å². The molecule has 3 heteroatoms. The maximum absolute atomic E-state index is 10.2. The minimum absolute atomic E-state index is 0.0811. The molecular formula is C6H4BrOP. The molecule has 0 N–H and O–H groups in total. The second-order valence-corrected chi connectivity index (χ2v) is 3.18. The average molecular weight is 203 g/mol. The zero-order valence-electron chi connectivity index (χ0n) is 4.54. The van der Waals surface area contributed by atoms with Crippen LogP contribution >= 0.6 is 24.4 Å². The smallest absolute Gasteiger partial charge is 0.192 e. The molecule has 0 aliphatic rings. The van der Waals surface area contributed by atoms with Crippen molar-refractivity contribution in [1.82, 2.24) is 0 Å². The Morgan fingerprint density at radius 1 is 1.22 bits per heavy atom. The Labute approximate surface area is 63.4 Å². The Morgan fingerprint density at radius 2 is 1.78 bits per heavy atom. The van der Waals surface area contributed by atoms with E-state index in [2.05, 4.69) is 15.9 Å². The topological polar surface area (TPSA) is 17.1 Å². The summed E-state index contributed by atoms with van der Waals surface area (Å²) in [5, 5.41) is 0.804. The van der Waals surface area contributed by atoms with E-state index in [1.807, 2.05) is 12.1 Å². The predicted octanol–water partition coefficient (Wildman–Crippen LogP) is 2.37. The normalized spacial score (nSPS) is 9.89. The fourth-order valence-corrected chi connectivity index (χ4v) is 1.04. The predicted molar refractivity (Wildman–Crippen MR) is 41.4 cm³/mol. The summed E-state index contributed by atoms with van der Waals surface area (Å²) in [4.78, 5) is 0. The minimum atomic E-state index is 0.0811. The lowest BCUT2D eigenvalue weighted by Crippen LogP contribution is -1.86. The Hall–Kier alpha value is -0.200. The standard InChI is InChI=1S/C6H4BrOP/c7-5-1-3-6(9-8)4-2-5/h1-4H. The summed E-state index contributed by atoms with van der Waals surface area (Å²) in [6, 6.07) is 7.33. The quantitative estimate of drug-likeness (QED) is 0.640. The molecule has 0 aliphatic heterocycles. The lowest BCUT2D eigenvalue weighted by molar-refractivity contribution is 0.603. The summed E-state index contributed by atoms with van der Waals surface area (Å²) in [5.41, 5.74) is 0. The largest absolute Gasteiger partial charge is 0.269 e. The van der Waals surface area contributed by atoms with Crippen LogP contribution < -0.4 is 5.30 Å². The SMILES string of the molecule is O=Pc1ccc(Br)cc1. The first-order valence-electron chi connectivity index (χ1n) is 2.42. The fourth-order valence-electron chi connectivity index (χ4n) is 0.502. The van der Waals surface area contributed by atoms with Crippen molar-refractivity contribution in [3.8, 4) is 0 Å². The van der Waals surface area contributed by atoms with Crippen LogP contribution in [0.3, 0.4) is 0 Å². The highest BCUT2D eigenvalue weighted by Gasteiger charge is 1.87. The Bertz CT molecular complexity index is 207. The minimum Gasteiger partial charge on any atom is -0.269 e. The number of hydrogen-bond donors (Lipinski definition) is 0. The van der Waals surface area contributed by atoms with Gasteiger partial charge in [-0.3, -0.25) is 4.57 Å². The molecule has 1 rings (SSSR count). The van der Waals surface area contributed by atoms with Gasteiger partial charge < -0.3 is 0 Å². The molecule has 0 amide bonds. The molecule has 0 heterocycles. The summed E-state index contributed by atoms with van der Waals surface area (Å²) < 4.78 is 11.2. The molecule has 0 fully saturated rings.